The molecule has 2 aliphatic rings. The number of carbonyl (C=O) groups is 1. The molecule has 1 fully saturated rings. The molecule has 1 amide bonds. The number of carbonyl (C=O) groups excluding carboxylic acids is 1. The summed E-state index contributed by atoms with van der Waals surface area (Å²) >= 11 is 0. The lowest BCUT2D eigenvalue weighted by Crippen LogP contribution is -2.50. The molecule has 1 unspecified atom stereocenters. The van der Waals surface area contributed by atoms with E-state index in [4.69, 9.17) is 10.1 Å². The highest BCUT2D eigenvalue weighted by Gasteiger charge is 2.41. The number of benzene rings is 1. The third kappa shape index (κ3) is 6.22. The van der Waals surface area contributed by atoms with Crippen molar-refractivity contribution in [2.75, 3.05) is 18.1 Å². The van der Waals surface area contributed by atoms with Crippen LogP contribution in [0.3, 0.4) is 0 Å². The lowest BCUT2D eigenvalue weighted by Gasteiger charge is -2.32. The highest BCUT2D eigenvalue weighted by molar-refractivity contribution is 7.91. The van der Waals surface area contributed by atoms with Gasteiger partial charge in [-0.15, -0.1) is 0 Å². The third-order valence-corrected chi connectivity index (χ3v) is 7.48. The number of sulfone groups is 1. The average molecular weight is 504 g/mol. The van der Waals surface area contributed by atoms with Crippen LogP contribution < -0.4 is 15.4 Å². The van der Waals surface area contributed by atoms with Gasteiger partial charge in [-0.2, -0.15) is 8.78 Å². The highest BCUT2D eigenvalue weighted by atomic mass is 32.2. The van der Waals surface area contributed by atoms with Crippen molar-refractivity contribution in [3.05, 3.63) is 41.0 Å². The number of halogens is 3. The van der Waals surface area contributed by atoms with Crippen molar-refractivity contribution in [2.45, 2.75) is 51.8 Å². The molecule has 2 atom stereocenters. The van der Waals surface area contributed by atoms with Crippen LogP contribution in [0, 0.1) is 17.1 Å². The molecule has 0 saturated carbocycles. The molecule has 0 spiro atoms. The Hall–Kier alpha value is -2.76. The molecule has 0 bridgehead atoms. The summed E-state index contributed by atoms with van der Waals surface area (Å²) < 4.78 is 73.3. The zero-order valence-corrected chi connectivity index (χ0v) is 19.9. The number of hydrogen-bond donors (Lipinski definition) is 3. The fourth-order valence-electron chi connectivity index (χ4n) is 4.04. The quantitative estimate of drug-likeness (QED) is 0.470. The summed E-state index contributed by atoms with van der Waals surface area (Å²) in [7, 11) is -3.21. The van der Waals surface area contributed by atoms with Gasteiger partial charge in [-0.3, -0.25) is 10.2 Å². The summed E-state index contributed by atoms with van der Waals surface area (Å²) in [6.45, 7) is 2.12. The number of alkyl halides is 2. The van der Waals surface area contributed by atoms with Crippen LogP contribution in [-0.2, 0) is 19.4 Å². The van der Waals surface area contributed by atoms with E-state index in [1.54, 1.807) is 6.92 Å². The third-order valence-electron chi connectivity index (χ3n) is 5.57. The van der Waals surface area contributed by atoms with Gasteiger partial charge in [0.05, 0.1) is 28.7 Å². The van der Waals surface area contributed by atoms with Crippen molar-refractivity contribution in [3.8, 4) is 5.75 Å². The normalized spacial score (nSPS) is 24.2. The molecule has 3 rings (SSSR count). The van der Waals surface area contributed by atoms with Crippen molar-refractivity contribution >= 4 is 21.5 Å². The summed E-state index contributed by atoms with van der Waals surface area (Å²) in [5.74, 6) is -2.31. The molecule has 1 aromatic carbocycles. The van der Waals surface area contributed by atoms with Crippen molar-refractivity contribution in [2.24, 2.45) is 5.92 Å². The van der Waals surface area contributed by atoms with E-state index >= 15 is 0 Å². The van der Waals surface area contributed by atoms with Gasteiger partial charge in [0.1, 0.15) is 23.9 Å². The molecule has 0 radical (unpaired) electrons. The summed E-state index contributed by atoms with van der Waals surface area (Å²) in [5, 5.41) is 14.4. The lowest BCUT2D eigenvalue weighted by molar-refractivity contribution is -0.128. The maximum absolute atomic E-state index is 14.4. The van der Waals surface area contributed by atoms with E-state index in [9.17, 15) is 26.4 Å². The van der Waals surface area contributed by atoms with E-state index < -0.39 is 33.7 Å². The lowest BCUT2D eigenvalue weighted by atomic mass is 9.94. The first-order valence-corrected chi connectivity index (χ1v) is 12.6. The molecule has 0 aromatic heterocycles. The first kappa shape index (κ1) is 25.9. The Morgan fingerprint density at radius 1 is 1.32 bits per heavy atom. The molecule has 1 saturated heterocycles. The second-order valence-electron chi connectivity index (χ2n) is 9.11. The molecule has 34 heavy (non-hydrogen) atoms. The Morgan fingerprint density at radius 2 is 2.03 bits per heavy atom. The Bertz CT molecular complexity index is 1110. The fraction of sp³-hybridized carbons (Fsp3) is 0.545. The van der Waals surface area contributed by atoms with Crippen molar-refractivity contribution in [1.82, 2.24) is 10.6 Å². The van der Waals surface area contributed by atoms with Crippen molar-refractivity contribution < 1.29 is 35.9 Å². The van der Waals surface area contributed by atoms with Crippen LogP contribution >= 0.6 is 0 Å². The van der Waals surface area contributed by atoms with E-state index in [2.05, 4.69) is 15.4 Å². The second kappa shape index (κ2) is 9.85. The van der Waals surface area contributed by atoms with Gasteiger partial charge in [0.15, 0.2) is 15.6 Å². The second-order valence-corrected chi connectivity index (χ2v) is 11.3. The van der Waals surface area contributed by atoms with E-state index in [-0.39, 0.29) is 59.3 Å². The van der Waals surface area contributed by atoms with Crippen molar-refractivity contribution in [3.63, 3.8) is 0 Å². The maximum atomic E-state index is 14.4. The SMILES string of the molecule is CC(C)NC1=C(C(=N)c2cc(OC(F)F)ccc2F)OCC(C(=O)N[C@@]2(C)CCS(=O)(=O)C2)C1. The minimum absolute atomic E-state index is 0.000466. The Balaban J connectivity index is 1.83. The van der Waals surface area contributed by atoms with Crippen LogP contribution in [0.4, 0.5) is 13.2 Å². The molecule has 2 aliphatic heterocycles. The number of ether oxygens (including phenoxy) is 2. The first-order valence-electron chi connectivity index (χ1n) is 10.8. The summed E-state index contributed by atoms with van der Waals surface area (Å²) in [6, 6.07) is 2.84. The number of nitrogens with one attached hydrogen (secondary N) is 3. The predicted molar refractivity (Wildman–Crippen MR) is 119 cm³/mol. The van der Waals surface area contributed by atoms with Crippen LogP contribution in [0.1, 0.15) is 39.2 Å². The molecule has 12 heteroatoms. The molecule has 188 valence electrons. The molecular formula is C22H28F3N3O5S. The maximum Gasteiger partial charge on any atom is 0.387 e. The average Bonchev–Trinajstić information content (AvgIpc) is 3.00. The van der Waals surface area contributed by atoms with Gasteiger partial charge >= 0.3 is 6.61 Å². The summed E-state index contributed by atoms with van der Waals surface area (Å²) in [4.78, 5) is 12.9. The van der Waals surface area contributed by atoms with Gasteiger partial charge in [0, 0.05) is 18.0 Å². The van der Waals surface area contributed by atoms with E-state index in [0.717, 1.165) is 18.2 Å². The fourth-order valence-corrected chi connectivity index (χ4v) is 6.13. The zero-order chi connectivity index (χ0) is 25.3. The van der Waals surface area contributed by atoms with Crippen LogP contribution in [-0.4, -0.2) is 56.3 Å². The molecule has 0 aliphatic carbocycles. The number of allylic oxidation sites excluding steroid dienone is 2. The predicted octanol–water partition coefficient (Wildman–Crippen LogP) is 2.73. The topological polar surface area (TPSA) is 118 Å². The van der Waals surface area contributed by atoms with Gasteiger partial charge in [-0.05, 0) is 45.4 Å². The van der Waals surface area contributed by atoms with E-state index in [0.29, 0.717) is 12.1 Å². The minimum atomic E-state index is -3.21. The number of rotatable bonds is 8. The molecule has 8 nitrogen and oxygen atoms in total. The number of amides is 1. The molecule has 1 aromatic rings. The number of hydrogen-bond acceptors (Lipinski definition) is 7. The monoisotopic (exact) mass is 503 g/mol. The van der Waals surface area contributed by atoms with E-state index in [1.807, 2.05) is 13.8 Å². The van der Waals surface area contributed by atoms with Crippen LogP contribution in [0.5, 0.6) is 5.75 Å². The highest BCUT2D eigenvalue weighted by Crippen LogP contribution is 2.30. The van der Waals surface area contributed by atoms with Crippen molar-refractivity contribution in [1.29, 1.82) is 5.41 Å². The minimum Gasteiger partial charge on any atom is -0.489 e. The largest absolute Gasteiger partial charge is 0.489 e. The van der Waals surface area contributed by atoms with Gasteiger partial charge in [-0.25, -0.2) is 12.8 Å². The van der Waals surface area contributed by atoms with Gasteiger partial charge in [-0.1, -0.05) is 0 Å². The molecule has 2 heterocycles. The Labute approximate surface area is 196 Å². The van der Waals surface area contributed by atoms with Crippen LogP contribution in [0.25, 0.3) is 0 Å². The van der Waals surface area contributed by atoms with Gasteiger partial charge < -0.3 is 20.1 Å². The summed E-state index contributed by atoms with van der Waals surface area (Å²) in [5.41, 5.74) is -1.15. The van der Waals surface area contributed by atoms with Crippen LogP contribution in [0.15, 0.2) is 29.7 Å². The zero-order valence-electron chi connectivity index (χ0n) is 19.1. The molecular weight excluding hydrogens is 475 g/mol. The van der Waals surface area contributed by atoms with Gasteiger partial charge in [0.25, 0.3) is 0 Å². The van der Waals surface area contributed by atoms with Crippen LogP contribution in [0.2, 0.25) is 0 Å². The first-order chi connectivity index (χ1) is 15.8. The Kier molecular flexibility index (Phi) is 7.49. The van der Waals surface area contributed by atoms with E-state index in [1.165, 1.54) is 0 Å². The Morgan fingerprint density at radius 3 is 2.62 bits per heavy atom. The van der Waals surface area contributed by atoms with Gasteiger partial charge in [0.2, 0.25) is 5.91 Å². The molecule has 3 N–H and O–H groups in total. The standard InChI is InChI=1S/C22H28F3N3O5S/c1-12(2)27-17-8-13(20(29)28-22(3)6-7-34(30,31)11-22)10-32-19(17)18(26)15-9-14(33-21(24)25)4-5-16(15)23/h4-5,9,12-13,21,26-27H,6-8,10-11H2,1-3H3,(H,28,29)/t13?,22-/m0/s1. The smallest absolute Gasteiger partial charge is 0.387 e. The summed E-state index contributed by atoms with van der Waals surface area (Å²) in [6.07, 6.45) is 0.452.